The van der Waals surface area contributed by atoms with Crippen LogP contribution in [-0.4, -0.2) is 6.54 Å². The van der Waals surface area contributed by atoms with Crippen molar-refractivity contribution in [3.63, 3.8) is 0 Å². The number of halogens is 2. The predicted molar refractivity (Wildman–Crippen MR) is 55.4 cm³/mol. The van der Waals surface area contributed by atoms with Crippen LogP contribution in [0.3, 0.4) is 0 Å². The second kappa shape index (κ2) is 4.14. The fraction of sp³-hybridized carbons (Fsp3) is 0.455. The van der Waals surface area contributed by atoms with E-state index in [4.69, 9.17) is 5.73 Å². The summed E-state index contributed by atoms with van der Waals surface area (Å²) in [6.07, 6.45) is 3.19. The lowest BCUT2D eigenvalue weighted by molar-refractivity contribution is 0.409. The lowest BCUT2D eigenvalue weighted by Gasteiger charge is -2.24. The Labute approximate surface area is 87.5 Å². The Morgan fingerprint density at radius 3 is 2.67 bits per heavy atom. The number of piperidine rings is 1. The molecule has 0 radical (unpaired) electrons. The second-order valence-corrected chi connectivity index (χ2v) is 3.91. The van der Waals surface area contributed by atoms with E-state index in [1.165, 1.54) is 12.1 Å². The van der Waals surface area contributed by atoms with Crippen LogP contribution >= 0.6 is 0 Å². The zero-order valence-electron chi connectivity index (χ0n) is 8.39. The molecule has 4 heteroatoms. The number of hydrogen-bond acceptors (Lipinski definition) is 2. The lowest BCUT2D eigenvalue weighted by Crippen LogP contribution is -2.27. The van der Waals surface area contributed by atoms with Crippen molar-refractivity contribution in [1.82, 2.24) is 5.32 Å². The summed E-state index contributed by atoms with van der Waals surface area (Å²) >= 11 is 0. The van der Waals surface area contributed by atoms with Crippen LogP contribution in [0.4, 0.5) is 14.5 Å². The van der Waals surface area contributed by atoms with Crippen molar-refractivity contribution in [2.45, 2.75) is 25.3 Å². The first-order valence-electron chi connectivity index (χ1n) is 5.16. The fourth-order valence-electron chi connectivity index (χ4n) is 1.97. The molecule has 2 rings (SSSR count). The maximum atomic E-state index is 13.1. The summed E-state index contributed by atoms with van der Waals surface area (Å²) in [6, 6.07) is 2.85. The van der Waals surface area contributed by atoms with Crippen LogP contribution in [0.15, 0.2) is 12.1 Å². The Bertz CT molecular complexity index is 337. The minimum atomic E-state index is -0.949. The molecule has 1 heterocycles. The number of anilines is 1. The molecular formula is C11H14F2N2. The van der Waals surface area contributed by atoms with E-state index < -0.39 is 11.6 Å². The van der Waals surface area contributed by atoms with E-state index in [-0.39, 0.29) is 11.7 Å². The Hall–Kier alpha value is -1.16. The molecule has 1 atom stereocenters. The van der Waals surface area contributed by atoms with Gasteiger partial charge in [-0.05, 0) is 37.1 Å². The monoisotopic (exact) mass is 212 g/mol. The number of nitrogen functional groups attached to an aromatic ring is 1. The molecule has 1 unspecified atom stereocenters. The van der Waals surface area contributed by atoms with E-state index in [9.17, 15) is 8.78 Å². The molecule has 1 saturated heterocycles. The minimum absolute atomic E-state index is 0.108. The first-order valence-corrected chi connectivity index (χ1v) is 5.16. The highest BCUT2D eigenvalue weighted by Crippen LogP contribution is 2.26. The lowest BCUT2D eigenvalue weighted by atomic mass is 9.97. The van der Waals surface area contributed by atoms with Gasteiger partial charge in [-0.15, -0.1) is 0 Å². The number of nitrogens with one attached hydrogen (secondary N) is 1. The van der Waals surface area contributed by atoms with Crippen molar-refractivity contribution >= 4 is 5.69 Å². The van der Waals surface area contributed by atoms with E-state index >= 15 is 0 Å². The van der Waals surface area contributed by atoms with Gasteiger partial charge in [0.05, 0.1) is 5.69 Å². The van der Waals surface area contributed by atoms with E-state index in [2.05, 4.69) is 5.32 Å². The average Bonchev–Trinajstić information content (AvgIpc) is 2.26. The third-order valence-electron chi connectivity index (χ3n) is 2.79. The summed E-state index contributed by atoms with van der Waals surface area (Å²) in [5, 5.41) is 3.26. The average molecular weight is 212 g/mol. The summed E-state index contributed by atoms with van der Waals surface area (Å²) < 4.78 is 26.1. The van der Waals surface area contributed by atoms with Crippen molar-refractivity contribution in [2.75, 3.05) is 12.3 Å². The molecular weight excluding hydrogens is 198 g/mol. The molecule has 82 valence electrons. The Balaban J connectivity index is 2.27. The Morgan fingerprint density at radius 2 is 2.07 bits per heavy atom. The van der Waals surface area contributed by atoms with Crippen molar-refractivity contribution in [3.8, 4) is 0 Å². The highest BCUT2D eigenvalue weighted by atomic mass is 19.2. The molecule has 1 aliphatic heterocycles. The van der Waals surface area contributed by atoms with Crippen molar-refractivity contribution in [1.29, 1.82) is 0 Å². The summed E-state index contributed by atoms with van der Waals surface area (Å²) in [7, 11) is 0. The highest BCUT2D eigenvalue weighted by molar-refractivity contribution is 5.44. The van der Waals surface area contributed by atoms with Gasteiger partial charge in [0.25, 0.3) is 0 Å². The van der Waals surface area contributed by atoms with Gasteiger partial charge in [-0.2, -0.15) is 0 Å². The SMILES string of the molecule is Nc1cc(C2CCCCN2)cc(F)c1F. The third-order valence-corrected chi connectivity index (χ3v) is 2.79. The molecule has 0 saturated carbocycles. The van der Waals surface area contributed by atoms with Gasteiger partial charge in [0.1, 0.15) is 0 Å². The van der Waals surface area contributed by atoms with Gasteiger partial charge in [0.2, 0.25) is 0 Å². The van der Waals surface area contributed by atoms with Gasteiger partial charge in [-0.1, -0.05) is 6.42 Å². The standard InChI is InChI=1S/C11H14F2N2/c12-8-5-7(6-9(14)11(8)13)10-3-1-2-4-15-10/h5-6,10,15H,1-4,14H2. The van der Waals surface area contributed by atoms with Crippen LogP contribution in [0, 0.1) is 11.6 Å². The van der Waals surface area contributed by atoms with Gasteiger partial charge in [-0.3, -0.25) is 0 Å². The molecule has 0 amide bonds. The van der Waals surface area contributed by atoms with Crippen LogP contribution in [0.2, 0.25) is 0 Å². The van der Waals surface area contributed by atoms with E-state index in [1.54, 1.807) is 0 Å². The molecule has 1 fully saturated rings. The molecule has 0 bridgehead atoms. The topological polar surface area (TPSA) is 38.0 Å². The van der Waals surface area contributed by atoms with E-state index in [1.807, 2.05) is 0 Å². The van der Waals surface area contributed by atoms with Crippen LogP contribution in [0.25, 0.3) is 0 Å². The summed E-state index contributed by atoms with van der Waals surface area (Å²) in [4.78, 5) is 0. The zero-order valence-corrected chi connectivity index (χ0v) is 8.39. The zero-order chi connectivity index (χ0) is 10.8. The van der Waals surface area contributed by atoms with Gasteiger partial charge < -0.3 is 11.1 Å². The minimum Gasteiger partial charge on any atom is -0.396 e. The molecule has 2 nitrogen and oxygen atoms in total. The summed E-state index contributed by atoms with van der Waals surface area (Å²) in [5.41, 5.74) is 6.01. The van der Waals surface area contributed by atoms with Crippen LogP contribution in [0.5, 0.6) is 0 Å². The first kappa shape index (κ1) is 10.4. The maximum absolute atomic E-state index is 13.1. The predicted octanol–water partition coefficient (Wildman–Crippen LogP) is 2.36. The number of hydrogen-bond donors (Lipinski definition) is 2. The van der Waals surface area contributed by atoms with Crippen molar-refractivity contribution < 1.29 is 8.78 Å². The molecule has 3 N–H and O–H groups in total. The number of nitrogens with two attached hydrogens (primary N) is 1. The number of rotatable bonds is 1. The van der Waals surface area contributed by atoms with Gasteiger partial charge in [-0.25, -0.2) is 8.78 Å². The van der Waals surface area contributed by atoms with E-state index in [0.717, 1.165) is 31.4 Å². The quantitative estimate of drug-likeness (QED) is 0.701. The fourth-order valence-corrected chi connectivity index (χ4v) is 1.97. The third kappa shape index (κ3) is 2.09. The molecule has 15 heavy (non-hydrogen) atoms. The van der Waals surface area contributed by atoms with Crippen LogP contribution in [0.1, 0.15) is 30.9 Å². The Kier molecular flexibility index (Phi) is 2.86. The highest BCUT2D eigenvalue weighted by Gasteiger charge is 2.17. The molecule has 1 aliphatic rings. The Morgan fingerprint density at radius 1 is 1.27 bits per heavy atom. The molecule has 1 aromatic carbocycles. The second-order valence-electron chi connectivity index (χ2n) is 3.91. The summed E-state index contributed by atoms with van der Waals surface area (Å²) in [5.74, 6) is -1.81. The van der Waals surface area contributed by atoms with E-state index in [0.29, 0.717) is 0 Å². The van der Waals surface area contributed by atoms with Crippen LogP contribution < -0.4 is 11.1 Å². The smallest absolute Gasteiger partial charge is 0.181 e. The maximum Gasteiger partial charge on any atom is 0.181 e. The van der Waals surface area contributed by atoms with Crippen molar-refractivity contribution in [2.24, 2.45) is 0 Å². The van der Waals surface area contributed by atoms with Gasteiger partial charge in [0, 0.05) is 6.04 Å². The number of benzene rings is 1. The van der Waals surface area contributed by atoms with Gasteiger partial charge >= 0.3 is 0 Å². The van der Waals surface area contributed by atoms with Crippen molar-refractivity contribution in [3.05, 3.63) is 29.3 Å². The van der Waals surface area contributed by atoms with Gasteiger partial charge in [0.15, 0.2) is 11.6 Å². The molecule has 0 aliphatic carbocycles. The van der Waals surface area contributed by atoms with Crippen LogP contribution in [-0.2, 0) is 0 Å². The summed E-state index contributed by atoms with van der Waals surface area (Å²) in [6.45, 7) is 0.920. The molecule has 1 aromatic rings. The normalized spacial score (nSPS) is 21.6. The largest absolute Gasteiger partial charge is 0.396 e. The molecule has 0 aromatic heterocycles. The molecule has 0 spiro atoms. The first-order chi connectivity index (χ1) is 7.18.